The summed E-state index contributed by atoms with van der Waals surface area (Å²) < 4.78 is 17.2. The van der Waals surface area contributed by atoms with E-state index in [0.717, 1.165) is 23.3 Å². The molecule has 11 amide bonds. The minimum Gasteiger partial charge on any atom is -0.476 e. The minimum absolute atomic E-state index is 0.0341. The molecule has 2 aromatic carbocycles. The van der Waals surface area contributed by atoms with Gasteiger partial charge >= 0.3 is 5.97 Å². The topological polar surface area (TPSA) is 405 Å². The molecule has 1 aromatic heterocycles. The van der Waals surface area contributed by atoms with E-state index < -0.39 is 182 Å². The average Bonchev–Trinajstić information content (AvgIpc) is 1.63. The van der Waals surface area contributed by atoms with Crippen molar-refractivity contribution in [1.82, 2.24) is 67.2 Å². The number of hydrogen-bond donors (Lipinski definition) is 10. The number of likely N-dealkylation sites (tertiary alicyclic amines) is 1. The van der Waals surface area contributed by atoms with E-state index in [1.54, 1.807) is 108 Å². The number of aliphatic hydroxyl groups is 1. The summed E-state index contributed by atoms with van der Waals surface area (Å²) in [6.45, 7) is 15.4. The maximum Gasteiger partial charge on any atom is 0.356 e. The number of aromatic carboxylic acids is 1. The van der Waals surface area contributed by atoms with E-state index in [4.69, 9.17) is 14.2 Å². The van der Waals surface area contributed by atoms with Gasteiger partial charge in [0.15, 0.2) is 11.4 Å². The van der Waals surface area contributed by atoms with Crippen molar-refractivity contribution in [2.24, 2.45) is 23.7 Å². The van der Waals surface area contributed by atoms with Crippen molar-refractivity contribution in [1.29, 1.82) is 0 Å². The second-order valence-electron chi connectivity index (χ2n) is 29.1. The quantitative estimate of drug-likeness (QED) is 0.0269. The minimum atomic E-state index is -1.49. The molecule has 3 heterocycles. The van der Waals surface area contributed by atoms with Gasteiger partial charge in [-0.25, -0.2) is 14.8 Å². The SMILES string of the molecule is CCCC1(C)SCc2nc(C(=O)O)c(C(=O)NCC(=O)NCC(=O)NCC(=O)N[C@@H](Cc3ccccc3)C(=O)NCC(=O)NCOCC(=O)N(C)[C@H](C(=O)N[C@H](C(=O)N(C)[C@@H]([C@@H](C)CC)[C@@H](CC(=O)N3CCC[C@H]3[C@H](OC)[C@@H](C)C(=O)N[C@H](C)[C@@H](O)c3ccccc3)OC)C(C)C)C(C)C)nc2CSC2=C/C=C\C=C/C=C\21. The van der Waals surface area contributed by atoms with Crippen molar-refractivity contribution in [2.45, 2.75) is 185 Å². The monoisotopic (exact) mass is 1590 g/mol. The van der Waals surface area contributed by atoms with E-state index in [0.29, 0.717) is 54.1 Å². The summed E-state index contributed by atoms with van der Waals surface area (Å²) in [6.07, 6.45) is 12.9. The van der Waals surface area contributed by atoms with Gasteiger partial charge in [0.1, 0.15) is 31.5 Å². The van der Waals surface area contributed by atoms with Crippen LogP contribution in [0.1, 0.15) is 157 Å². The number of nitrogens with zero attached hydrogens (tertiary/aromatic N) is 5. The smallest absolute Gasteiger partial charge is 0.356 e. The number of rotatable bonds is 40. The van der Waals surface area contributed by atoms with Crippen molar-refractivity contribution in [3.8, 4) is 0 Å². The standard InChI is InChI=1S/C80H113N13O17S2/c1-15-35-80(10)54-32-25-17-18-26-34-60(54)111-44-56-57(45-112-80)89-69(79(106)107)68(88-56)76(103)84-40-62(95)81-39-61(94)82-42-64(97)87-55(37-52-28-21-19-22-29-52)75(102)83-41-63(96)85-46-110-43-66(99)91(11)70(48(5)6)77(104)90-67(47(3)4)78(105)92(12)71(49(7)16-2)59(108-13)38-65(98)93-36-27-33-58(93)73(109-14)50(8)74(101)86-51(9)72(100)53-30-23-20-24-31-53/h17-26,28-32,34,47-51,55,58-59,67,70-73,100H,15-16,27,33,35-46H2,1-14H3,(H,81,95)(H,82,94)(H,83,102)(H,84,103)(H,85,96)(H,86,101)(H,87,97)(H,90,104)(H,106,107)/b18-17?,25-17-,26-18-,32-25?,34-26?,54-32+,60-34+,60-54?/t49-,50+,51+,55-,58-,59+,67-,70-,71-,72+,73+,80?/m0/s1. The molecule has 1 unspecified atom stereocenters. The van der Waals surface area contributed by atoms with Crippen molar-refractivity contribution in [2.75, 3.05) is 74.4 Å². The highest BCUT2D eigenvalue weighted by Gasteiger charge is 2.45. The Morgan fingerprint density at radius 2 is 1.29 bits per heavy atom. The summed E-state index contributed by atoms with van der Waals surface area (Å²) in [5.74, 6) is -9.97. The molecule has 0 saturated carbocycles. The number of aliphatic hydroxyl groups excluding tert-OH is 1. The van der Waals surface area contributed by atoms with Gasteiger partial charge < -0.3 is 81.7 Å². The van der Waals surface area contributed by atoms with Crippen LogP contribution < -0.4 is 42.5 Å². The predicted molar refractivity (Wildman–Crippen MR) is 425 cm³/mol. The molecular weight excluding hydrogens is 1480 g/mol. The number of allylic oxidation sites excluding steroid dienone is 7. The predicted octanol–water partition coefficient (Wildman–Crippen LogP) is 4.83. The highest BCUT2D eigenvalue weighted by molar-refractivity contribution is 8.03. The zero-order valence-electron chi connectivity index (χ0n) is 66.6. The highest BCUT2D eigenvalue weighted by Crippen LogP contribution is 2.47. The molecule has 1 aliphatic carbocycles. The molecule has 30 nitrogen and oxygen atoms in total. The van der Waals surface area contributed by atoms with Crippen LogP contribution in [0.25, 0.3) is 0 Å². The molecule has 3 aromatic rings. The first-order valence-electron chi connectivity index (χ1n) is 37.9. The Hall–Kier alpha value is -9.34. The number of aromatic nitrogens is 2. The zero-order valence-corrected chi connectivity index (χ0v) is 68.3. The Bertz CT molecular complexity index is 3900. The van der Waals surface area contributed by atoms with Crippen LogP contribution in [0.5, 0.6) is 0 Å². The van der Waals surface area contributed by atoms with E-state index in [2.05, 4.69) is 72.4 Å². The van der Waals surface area contributed by atoms with Crippen molar-refractivity contribution in [3.05, 3.63) is 142 Å². The fourth-order valence-corrected chi connectivity index (χ4v) is 16.4. The molecule has 0 radical (unpaired) electrons. The number of fused-ring (bicyclic) bond motifs is 2. The molecule has 12 atom stereocenters. The van der Waals surface area contributed by atoms with Crippen LogP contribution in [-0.2, 0) is 80.1 Å². The summed E-state index contributed by atoms with van der Waals surface area (Å²) >= 11 is 3.11. The number of thioether (sulfide) groups is 2. The normalized spacial score (nSPS) is 19.6. The van der Waals surface area contributed by atoms with Gasteiger partial charge in [0.2, 0.25) is 59.1 Å². The lowest BCUT2D eigenvalue weighted by atomic mass is 9.89. The number of carboxylic acid groups (broad SMARTS) is 1. The molecule has 32 heteroatoms. The summed E-state index contributed by atoms with van der Waals surface area (Å²) in [5.41, 5.74) is 2.16. The number of carbonyl (C=O) groups is 12. The number of amides is 11. The molecule has 612 valence electrons. The number of methoxy groups -OCH3 is 2. The first kappa shape index (κ1) is 91.5. The fraction of sp³-hybridized carbons (Fsp3) is 0.550. The van der Waals surface area contributed by atoms with E-state index in [9.17, 15) is 67.7 Å². The van der Waals surface area contributed by atoms with Gasteiger partial charge in [0, 0.05) is 62.4 Å². The Kier molecular flexibility index (Phi) is 36.6. The van der Waals surface area contributed by atoms with Gasteiger partial charge in [-0.1, -0.05) is 159 Å². The average molecular weight is 1590 g/mol. The largest absolute Gasteiger partial charge is 0.476 e. The first-order chi connectivity index (χ1) is 53.3. The van der Waals surface area contributed by atoms with Crippen LogP contribution in [0.3, 0.4) is 0 Å². The Balaban J connectivity index is 0.959. The number of ether oxygens (including phenoxy) is 3. The van der Waals surface area contributed by atoms with Gasteiger partial charge in [0.05, 0.1) is 86.3 Å². The van der Waals surface area contributed by atoms with Crippen molar-refractivity contribution >= 4 is 94.5 Å². The third kappa shape index (κ3) is 26.1. The van der Waals surface area contributed by atoms with Crippen LogP contribution in [0.2, 0.25) is 0 Å². The summed E-state index contributed by atoms with van der Waals surface area (Å²) in [7, 11) is 6.02. The molecule has 2 aliphatic heterocycles. The number of likely N-dealkylation sites (N-methyl/N-ethyl adjacent to an activating group) is 2. The van der Waals surface area contributed by atoms with Gasteiger partial charge in [-0.05, 0) is 73.6 Å². The van der Waals surface area contributed by atoms with E-state index in [1.807, 2.05) is 62.4 Å². The lowest BCUT2D eigenvalue weighted by Crippen LogP contribution is -2.60. The van der Waals surface area contributed by atoms with Crippen LogP contribution in [-0.4, -0.2) is 233 Å². The van der Waals surface area contributed by atoms with Crippen LogP contribution in [0.4, 0.5) is 0 Å². The van der Waals surface area contributed by atoms with Gasteiger partial charge in [-0.2, -0.15) is 0 Å². The van der Waals surface area contributed by atoms with Gasteiger partial charge in [0.25, 0.3) is 5.91 Å². The maximum absolute atomic E-state index is 14.8. The zero-order chi connectivity index (χ0) is 82.5. The van der Waals surface area contributed by atoms with Crippen LogP contribution in [0.15, 0.2) is 108 Å². The molecule has 6 rings (SSSR count). The second-order valence-corrected chi connectivity index (χ2v) is 31.6. The number of carbonyl (C=O) groups excluding carboxylic acids is 11. The molecule has 3 aliphatic rings. The molecule has 112 heavy (non-hydrogen) atoms. The number of benzene rings is 2. The van der Waals surface area contributed by atoms with Crippen molar-refractivity contribution < 1.29 is 82.0 Å². The Morgan fingerprint density at radius 1 is 0.679 bits per heavy atom. The molecule has 0 bridgehead atoms. The van der Waals surface area contributed by atoms with Crippen LogP contribution >= 0.6 is 23.5 Å². The summed E-state index contributed by atoms with van der Waals surface area (Å²) in [4.78, 5) is 177. The van der Waals surface area contributed by atoms with E-state index >= 15 is 0 Å². The molecule has 10 N–H and O–H groups in total. The molecule has 0 spiro atoms. The maximum atomic E-state index is 14.8. The molecule has 1 fully saturated rings. The lowest BCUT2D eigenvalue weighted by molar-refractivity contribution is -0.149. The van der Waals surface area contributed by atoms with Gasteiger partial charge in [-0.15, -0.1) is 23.5 Å². The Labute approximate surface area is 664 Å². The molecular formula is C80H113N13O17S2. The Morgan fingerprint density at radius 3 is 1.90 bits per heavy atom. The third-order valence-electron chi connectivity index (χ3n) is 20.2. The third-order valence-corrected chi connectivity index (χ3v) is 22.8. The number of carboxylic acids is 1. The summed E-state index contributed by atoms with van der Waals surface area (Å²) in [5, 5.41) is 41.5. The molecule has 1 saturated heterocycles. The van der Waals surface area contributed by atoms with E-state index in [-0.39, 0.29) is 41.1 Å². The summed E-state index contributed by atoms with van der Waals surface area (Å²) in [6, 6.07) is 12.5. The first-order valence-corrected chi connectivity index (χ1v) is 39.9. The number of hydrogen-bond acceptors (Lipinski definition) is 20. The fourth-order valence-electron chi connectivity index (χ4n) is 13.8. The highest BCUT2D eigenvalue weighted by atomic mass is 32.2. The van der Waals surface area contributed by atoms with Crippen LogP contribution in [0, 0.1) is 23.7 Å². The lowest BCUT2D eigenvalue weighted by Gasteiger charge is -2.41. The second kappa shape index (κ2) is 44.8. The van der Waals surface area contributed by atoms with Gasteiger partial charge in [-0.3, -0.25) is 52.7 Å². The van der Waals surface area contributed by atoms with Crippen molar-refractivity contribution in [3.63, 3.8) is 0 Å². The number of nitrogens with one attached hydrogen (secondary N) is 8. The van der Waals surface area contributed by atoms with E-state index in [1.165, 1.54) is 42.8 Å².